The molecule has 2 aromatic carbocycles. The van der Waals surface area contributed by atoms with Crippen molar-refractivity contribution in [1.82, 2.24) is 0 Å². The van der Waals surface area contributed by atoms with Crippen LogP contribution in [-0.2, 0) is 11.2 Å². The van der Waals surface area contributed by atoms with E-state index < -0.39 is 0 Å². The second-order valence-corrected chi connectivity index (χ2v) is 4.91. The monoisotopic (exact) mass is 297 g/mol. The standard InChI is InChI=1S/C16H15N3O3/c1-22-13-4-2-3-11(9-13)17-16(21)18-12-5-6-14-10(7-12)8-15(20)19-14/h2-7,9H,8H2,1H3,(H,19,20)(H2,17,18,21). The fourth-order valence-electron chi connectivity index (χ4n) is 2.30. The molecule has 3 rings (SSSR count). The number of benzene rings is 2. The summed E-state index contributed by atoms with van der Waals surface area (Å²) in [5.74, 6) is 0.632. The minimum atomic E-state index is -0.356. The van der Waals surface area contributed by atoms with Gasteiger partial charge in [-0.3, -0.25) is 4.79 Å². The number of fused-ring (bicyclic) bond motifs is 1. The Labute approximate surface area is 127 Å². The second kappa shape index (κ2) is 5.77. The van der Waals surface area contributed by atoms with Crippen molar-refractivity contribution in [2.24, 2.45) is 0 Å². The number of carbonyl (C=O) groups excluding carboxylic acids is 2. The van der Waals surface area contributed by atoms with E-state index >= 15 is 0 Å². The molecule has 6 heteroatoms. The maximum Gasteiger partial charge on any atom is 0.323 e. The van der Waals surface area contributed by atoms with Gasteiger partial charge in [0, 0.05) is 23.1 Å². The van der Waals surface area contributed by atoms with Gasteiger partial charge in [-0.1, -0.05) is 6.07 Å². The van der Waals surface area contributed by atoms with Crippen LogP contribution in [-0.4, -0.2) is 19.0 Å². The number of anilines is 3. The van der Waals surface area contributed by atoms with E-state index in [0.717, 1.165) is 11.3 Å². The number of amides is 3. The van der Waals surface area contributed by atoms with Gasteiger partial charge < -0.3 is 20.7 Å². The predicted molar refractivity (Wildman–Crippen MR) is 84.4 cm³/mol. The van der Waals surface area contributed by atoms with Crippen molar-refractivity contribution in [2.75, 3.05) is 23.1 Å². The van der Waals surface area contributed by atoms with Crippen molar-refractivity contribution >= 4 is 29.0 Å². The molecule has 0 bridgehead atoms. The number of rotatable bonds is 3. The van der Waals surface area contributed by atoms with Crippen LogP contribution in [0.5, 0.6) is 5.75 Å². The fourth-order valence-corrected chi connectivity index (χ4v) is 2.30. The van der Waals surface area contributed by atoms with E-state index in [-0.39, 0.29) is 11.9 Å². The van der Waals surface area contributed by atoms with Gasteiger partial charge in [-0.2, -0.15) is 0 Å². The van der Waals surface area contributed by atoms with Crippen molar-refractivity contribution < 1.29 is 14.3 Å². The predicted octanol–water partition coefficient (Wildman–Crippen LogP) is 2.83. The fraction of sp³-hybridized carbons (Fsp3) is 0.125. The molecule has 3 N–H and O–H groups in total. The molecule has 0 spiro atoms. The molecular formula is C16H15N3O3. The van der Waals surface area contributed by atoms with Gasteiger partial charge in [0.2, 0.25) is 5.91 Å². The lowest BCUT2D eigenvalue weighted by Gasteiger charge is -2.09. The molecule has 1 aliphatic rings. The third kappa shape index (κ3) is 3.01. The number of ether oxygens (including phenoxy) is 1. The SMILES string of the molecule is COc1cccc(NC(=O)Nc2ccc3c(c2)CC(=O)N3)c1. The average molecular weight is 297 g/mol. The number of hydrogen-bond acceptors (Lipinski definition) is 3. The normalized spacial score (nSPS) is 12.3. The van der Waals surface area contributed by atoms with Crippen LogP contribution in [0.15, 0.2) is 42.5 Å². The highest BCUT2D eigenvalue weighted by Gasteiger charge is 2.17. The quantitative estimate of drug-likeness (QED) is 0.815. The van der Waals surface area contributed by atoms with Crippen LogP contribution in [0.25, 0.3) is 0 Å². The number of carbonyl (C=O) groups is 2. The molecule has 1 heterocycles. The number of methoxy groups -OCH3 is 1. The van der Waals surface area contributed by atoms with Crippen molar-refractivity contribution in [3.05, 3.63) is 48.0 Å². The van der Waals surface area contributed by atoms with E-state index in [0.29, 0.717) is 23.5 Å². The van der Waals surface area contributed by atoms with E-state index in [1.807, 2.05) is 0 Å². The highest BCUT2D eigenvalue weighted by atomic mass is 16.5. The summed E-state index contributed by atoms with van der Waals surface area (Å²) in [6, 6.07) is 12.0. The molecule has 1 aliphatic heterocycles. The van der Waals surface area contributed by atoms with E-state index in [2.05, 4.69) is 16.0 Å². The van der Waals surface area contributed by atoms with E-state index in [4.69, 9.17) is 4.74 Å². The minimum absolute atomic E-state index is 0.0343. The van der Waals surface area contributed by atoms with Gasteiger partial charge in [0.05, 0.1) is 13.5 Å². The van der Waals surface area contributed by atoms with Crippen LogP contribution in [0, 0.1) is 0 Å². The zero-order valence-electron chi connectivity index (χ0n) is 12.0. The third-order valence-electron chi connectivity index (χ3n) is 3.32. The van der Waals surface area contributed by atoms with Gasteiger partial charge in [0.25, 0.3) is 0 Å². The van der Waals surface area contributed by atoms with Crippen LogP contribution in [0.2, 0.25) is 0 Å². The lowest BCUT2D eigenvalue weighted by molar-refractivity contribution is -0.115. The summed E-state index contributed by atoms with van der Waals surface area (Å²) < 4.78 is 5.10. The summed E-state index contributed by atoms with van der Waals surface area (Å²) >= 11 is 0. The van der Waals surface area contributed by atoms with E-state index in [1.54, 1.807) is 49.6 Å². The maximum atomic E-state index is 12.0. The van der Waals surface area contributed by atoms with Gasteiger partial charge in [-0.05, 0) is 35.9 Å². The highest BCUT2D eigenvalue weighted by molar-refractivity contribution is 6.02. The maximum absolute atomic E-state index is 12.0. The molecule has 6 nitrogen and oxygen atoms in total. The van der Waals surface area contributed by atoms with Gasteiger partial charge in [-0.25, -0.2) is 4.79 Å². The van der Waals surface area contributed by atoms with Gasteiger partial charge in [0.15, 0.2) is 0 Å². The molecule has 0 aromatic heterocycles. The van der Waals surface area contributed by atoms with Crippen molar-refractivity contribution in [2.45, 2.75) is 6.42 Å². The topological polar surface area (TPSA) is 79.5 Å². The van der Waals surface area contributed by atoms with Gasteiger partial charge in [-0.15, -0.1) is 0 Å². The molecule has 0 fully saturated rings. The molecule has 22 heavy (non-hydrogen) atoms. The zero-order chi connectivity index (χ0) is 15.5. The zero-order valence-corrected chi connectivity index (χ0v) is 12.0. The van der Waals surface area contributed by atoms with Gasteiger partial charge in [0.1, 0.15) is 5.75 Å². The summed E-state index contributed by atoms with van der Waals surface area (Å²) in [5.41, 5.74) is 2.94. The molecule has 0 saturated heterocycles. The molecule has 0 saturated carbocycles. The minimum Gasteiger partial charge on any atom is -0.497 e. The molecule has 3 amide bonds. The first-order valence-corrected chi connectivity index (χ1v) is 6.79. The summed E-state index contributed by atoms with van der Waals surface area (Å²) in [7, 11) is 1.57. The summed E-state index contributed by atoms with van der Waals surface area (Å²) in [6.07, 6.45) is 0.336. The Morgan fingerprint density at radius 3 is 2.68 bits per heavy atom. The Balaban J connectivity index is 1.67. The van der Waals surface area contributed by atoms with Crippen LogP contribution in [0.3, 0.4) is 0 Å². The molecule has 0 aliphatic carbocycles. The van der Waals surface area contributed by atoms with Crippen molar-refractivity contribution in [1.29, 1.82) is 0 Å². The lowest BCUT2D eigenvalue weighted by Crippen LogP contribution is -2.19. The highest BCUT2D eigenvalue weighted by Crippen LogP contribution is 2.26. The van der Waals surface area contributed by atoms with Crippen LogP contribution >= 0.6 is 0 Å². The molecule has 2 aromatic rings. The number of urea groups is 1. The Bertz CT molecular complexity index is 743. The first kappa shape index (κ1) is 13.9. The summed E-state index contributed by atoms with van der Waals surface area (Å²) in [6.45, 7) is 0. The van der Waals surface area contributed by atoms with E-state index in [1.165, 1.54) is 0 Å². The second-order valence-electron chi connectivity index (χ2n) is 4.91. The van der Waals surface area contributed by atoms with Gasteiger partial charge >= 0.3 is 6.03 Å². The molecule has 0 radical (unpaired) electrons. The Morgan fingerprint density at radius 1 is 1.14 bits per heavy atom. The lowest BCUT2D eigenvalue weighted by atomic mass is 10.1. The molecule has 0 atom stereocenters. The Kier molecular flexibility index (Phi) is 3.65. The Hall–Kier alpha value is -3.02. The van der Waals surface area contributed by atoms with Crippen LogP contribution in [0.1, 0.15) is 5.56 Å². The molecular weight excluding hydrogens is 282 g/mol. The summed E-state index contributed by atoms with van der Waals surface area (Å²) in [4.78, 5) is 23.3. The van der Waals surface area contributed by atoms with Crippen molar-refractivity contribution in [3.8, 4) is 5.75 Å². The molecule has 0 unspecified atom stereocenters. The first-order chi connectivity index (χ1) is 10.6. The number of nitrogens with one attached hydrogen (secondary N) is 3. The average Bonchev–Trinajstić information content (AvgIpc) is 2.86. The smallest absolute Gasteiger partial charge is 0.323 e. The first-order valence-electron chi connectivity index (χ1n) is 6.79. The molecule has 112 valence electrons. The van der Waals surface area contributed by atoms with Crippen molar-refractivity contribution in [3.63, 3.8) is 0 Å². The largest absolute Gasteiger partial charge is 0.497 e. The Morgan fingerprint density at radius 2 is 1.91 bits per heavy atom. The summed E-state index contributed by atoms with van der Waals surface area (Å²) in [5, 5.41) is 8.22. The third-order valence-corrected chi connectivity index (χ3v) is 3.32. The van der Waals surface area contributed by atoms with Crippen LogP contribution < -0.4 is 20.7 Å². The van der Waals surface area contributed by atoms with Crippen LogP contribution in [0.4, 0.5) is 21.9 Å². The van der Waals surface area contributed by atoms with E-state index in [9.17, 15) is 9.59 Å². The number of hydrogen-bond donors (Lipinski definition) is 3.